The Morgan fingerprint density at radius 1 is 1.43 bits per heavy atom. The first-order valence-corrected chi connectivity index (χ1v) is 7.58. The van der Waals surface area contributed by atoms with E-state index in [0.717, 1.165) is 19.0 Å². The second-order valence-electron chi connectivity index (χ2n) is 5.83. The summed E-state index contributed by atoms with van der Waals surface area (Å²) in [4.78, 5) is 14.1. The van der Waals surface area contributed by atoms with E-state index in [1.807, 2.05) is 6.07 Å². The lowest BCUT2D eigenvalue weighted by molar-refractivity contribution is 0.0941. The number of carbonyl (C=O) groups is 1. The van der Waals surface area contributed by atoms with E-state index in [-0.39, 0.29) is 5.91 Å². The molecule has 2 unspecified atom stereocenters. The first-order valence-electron chi connectivity index (χ1n) is 7.58. The van der Waals surface area contributed by atoms with Gasteiger partial charge in [0.15, 0.2) is 0 Å². The van der Waals surface area contributed by atoms with Crippen LogP contribution in [0.2, 0.25) is 0 Å². The van der Waals surface area contributed by atoms with E-state index >= 15 is 0 Å². The number of nitrogen functional groups attached to an aromatic ring is 1. The number of nitrogens with zero attached hydrogens (tertiary/aromatic N) is 1. The molecule has 0 saturated carbocycles. The van der Waals surface area contributed by atoms with Crippen LogP contribution in [0.5, 0.6) is 5.75 Å². The molecule has 5 heteroatoms. The number of ether oxygens (including phenoxy) is 1. The van der Waals surface area contributed by atoms with Gasteiger partial charge >= 0.3 is 0 Å². The summed E-state index contributed by atoms with van der Waals surface area (Å²) in [6, 6.07) is 7.76. The van der Waals surface area contributed by atoms with Gasteiger partial charge in [-0.05, 0) is 44.4 Å². The third-order valence-corrected chi connectivity index (χ3v) is 4.17. The van der Waals surface area contributed by atoms with E-state index in [4.69, 9.17) is 10.6 Å². The molecule has 1 heterocycles. The van der Waals surface area contributed by atoms with Gasteiger partial charge in [-0.15, -0.1) is 0 Å². The Balaban J connectivity index is 1.88. The molecule has 3 N–H and O–H groups in total. The molecule has 0 aliphatic carbocycles. The average Bonchev–Trinajstić information content (AvgIpc) is 2.49. The average molecular weight is 291 g/mol. The summed E-state index contributed by atoms with van der Waals surface area (Å²) < 4.78 is 5.78. The summed E-state index contributed by atoms with van der Waals surface area (Å²) in [6.45, 7) is 7.16. The third-order valence-electron chi connectivity index (χ3n) is 4.17. The fraction of sp³-hybridized carbons (Fsp3) is 0.562. The van der Waals surface area contributed by atoms with E-state index in [2.05, 4.69) is 24.2 Å². The van der Waals surface area contributed by atoms with Crippen molar-refractivity contribution in [1.82, 2.24) is 10.3 Å². The van der Waals surface area contributed by atoms with E-state index in [9.17, 15) is 4.79 Å². The lowest BCUT2D eigenvalue weighted by atomic mass is 9.93. The topological polar surface area (TPSA) is 67.6 Å². The fourth-order valence-corrected chi connectivity index (χ4v) is 2.92. The van der Waals surface area contributed by atoms with E-state index in [0.29, 0.717) is 24.0 Å². The number of hydrazine groups is 1. The van der Waals surface area contributed by atoms with E-state index in [1.54, 1.807) is 18.2 Å². The lowest BCUT2D eigenvalue weighted by Crippen LogP contribution is -2.42. The molecular formula is C16H25N3O2. The first kappa shape index (κ1) is 15.8. The number of benzene rings is 1. The van der Waals surface area contributed by atoms with Crippen molar-refractivity contribution in [1.29, 1.82) is 0 Å². The molecule has 0 bridgehead atoms. The van der Waals surface area contributed by atoms with E-state index < -0.39 is 0 Å². The van der Waals surface area contributed by atoms with Crippen LogP contribution < -0.4 is 16.0 Å². The highest BCUT2D eigenvalue weighted by Gasteiger charge is 2.22. The zero-order chi connectivity index (χ0) is 15.2. The van der Waals surface area contributed by atoms with Crippen LogP contribution in [0.25, 0.3) is 0 Å². The summed E-state index contributed by atoms with van der Waals surface area (Å²) in [5, 5.41) is 0. The number of likely N-dealkylation sites (tertiary alicyclic amines) is 1. The van der Waals surface area contributed by atoms with Crippen LogP contribution in [0.3, 0.4) is 0 Å². The SMILES string of the molecule is CC1CCN(CCOc2ccccc2C(=O)NN)C(C)C1. The fourth-order valence-electron chi connectivity index (χ4n) is 2.92. The van der Waals surface area contributed by atoms with Crippen LogP contribution in [-0.4, -0.2) is 36.5 Å². The number of nitrogens with one attached hydrogen (secondary N) is 1. The van der Waals surface area contributed by atoms with Gasteiger partial charge in [0.1, 0.15) is 12.4 Å². The Morgan fingerprint density at radius 2 is 2.19 bits per heavy atom. The standard InChI is InChI=1S/C16H25N3O2/c1-12-7-8-19(13(2)11-12)9-10-21-15-6-4-3-5-14(15)16(20)18-17/h3-6,12-13H,7-11,17H2,1-2H3,(H,18,20). The summed E-state index contributed by atoms with van der Waals surface area (Å²) in [7, 11) is 0. The summed E-state index contributed by atoms with van der Waals surface area (Å²) >= 11 is 0. The Kier molecular flexibility index (Phi) is 5.59. The molecule has 1 aliphatic heterocycles. The van der Waals surface area contributed by atoms with Gasteiger partial charge in [0.25, 0.3) is 5.91 Å². The molecule has 0 radical (unpaired) electrons. The van der Waals surface area contributed by atoms with Gasteiger partial charge in [-0.3, -0.25) is 15.1 Å². The molecule has 5 nitrogen and oxygen atoms in total. The smallest absolute Gasteiger partial charge is 0.268 e. The van der Waals surface area contributed by atoms with Crippen LogP contribution in [0, 0.1) is 5.92 Å². The highest BCUT2D eigenvalue weighted by atomic mass is 16.5. The van der Waals surface area contributed by atoms with Crippen molar-refractivity contribution < 1.29 is 9.53 Å². The van der Waals surface area contributed by atoms with Gasteiger partial charge in [0.05, 0.1) is 5.56 Å². The maximum atomic E-state index is 11.7. The maximum Gasteiger partial charge on any atom is 0.268 e. The zero-order valence-corrected chi connectivity index (χ0v) is 12.8. The number of para-hydroxylation sites is 1. The van der Waals surface area contributed by atoms with Gasteiger partial charge in [-0.2, -0.15) is 0 Å². The Bertz CT molecular complexity index is 478. The molecule has 1 aromatic carbocycles. The van der Waals surface area contributed by atoms with Crippen LogP contribution >= 0.6 is 0 Å². The predicted molar refractivity (Wildman–Crippen MR) is 83.0 cm³/mol. The molecule has 0 aromatic heterocycles. The quantitative estimate of drug-likeness (QED) is 0.493. The van der Waals surface area contributed by atoms with Crippen molar-refractivity contribution in [3.63, 3.8) is 0 Å². The highest BCUT2D eigenvalue weighted by molar-refractivity contribution is 5.96. The molecule has 1 saturated heterocycles. The van der Waals surface area contributed by atoms with Crippen molar-refractivity contribution in [3.8, 4) is 5.75 Å². The minimum Gasteiger partial charge on any atom is -0.491 e. The normalized spacial score (nSPS) is 22.8. The van der Waals surface area contributed by atoms with Crippen molar-refractivity contribution in [2.24, 2.45) is 11.8 Å². The van der Waals surface area contributed by atoms with Crippen LogP contribution in [0.1, 0.15) is 37.0 Å². The van der Waals surface area contributed by atoms with Crippen molar-refractivity contribution in [3.05, 3.63) is 29.8 Å². The summed E-state index contributed by atoms with van der Waals surface area (Å²) in [6.07, 6.45) is 2.49. The van der Waals surface area contributed by atoms with Gasteiger partial charge < -0.3 is 4.74 Å². The Labute approximate surface area is 126 Å². The highest BCUT2D eigenvalue weighted by Crippen LogP contribution is 2.22. The molecule has 1 fully saturated rings. The molecule has 1 aromatic rings. The number of hydrogen-bond acceptors (Lipinski definition) is 4. The Hall–Kier alpha value is -1.59. The number of amides is 1. The van der Waals surface area contributed by atoms with Crippen molar-refractivity contribution in [2.75, 3.05) is 19.7 Å². The number of rotatable bonds is 5. The molecule has 2 rings (SSSR count). The number of nitrogens with two attached hydrogens (primary N) is 1. The summed E-state index contributed by atoms with van der Waals surface area (Å²) in [5.74, 6) is 6.25. The molecule has 1 amide bonds. The van der Waals surface area contributed by atoms with Gasteiger partial charge in [0, 0.05) is 12.6 Å². The molecular weight excluding hydrogens is 266 g/mol. The van der Waals surface area contributed by atoms with E-state index in [1.165, 1.54) is 12.8 Å². The number of hydrogen-bond donors (Lipinski definition) is 2. The van der Waals surface area contributed by atoms with Crippen LogP contribution in [0.4, 0.5) is 0 Å². The monoisotopic (exact) mass is 291 g/mol. The number of carbonyl (C=O) groups excluding carboxylic acids is 1. The van der Waals surface area contributed by atoms with Gasteiger partial charge in [0.2, 0.25) is 0 Å². The second kappa shape index (κ2) is 7.43. The molecule has 0 spiro atoms. The minimum atomic E-state index is -0.328. The van der Waals surface area contributed by atoms with Crippen molar-refractivity contribution >= 4 is 5.91 Å². The molecule has 116 valence electrons. The largest absolute Gasteiger partial charge is 0.491 e. The van der Waals surface area contributed by atoms with Gasteiger partial charge in [-0.25, -0.2) is 5.84 Å². The molecule has 1 aliphatic rings. The maximum absolute atomic E-state index is 11.7. The lowest BCUT2D eigenvalue weighted by Gasteiger charge is -2.36. The van der Waals surface area contributed by atoms with Crippen LogP contribution in [0.15, 0.2) is 24.3 Å². The second-order valence-corrected chi connectivity index (χ2v) is 5.83. The number of piperidine rings is 1. The first-order chi connectivity index (χ1) is 10.1. The van der Waals surface area contributed by atoms with Crippen molar-refractivity contribution in [2.45, 2.75) is 32.7 Å². The van der Waals surface area contributed by atoms with Gasteiger partial charge in [-0.1, -0.05) is 19.1 Å². The Morgan fingerprint density at radius 3 is 2.90 bits per heavy atom. The van der Waals surface area contributed by atoms with Crippen LogP contribution in [-0.2, 0) is 0 Å². The minimum absolute atomic E-state index is 0.328. The molecule has 2 atom stereocenters. The third kappa shape index (κ3) is 4.19. The predicted octanol–water partition coefficient (Wildman–Crippen LogP) is 1.79. The zero-order valence-electron chi connectivity index (χ0n) is 12.8. The molecule has 21 heavy (non-hydrogen) atoms. The summed E-state index contributed by atoms with van der Waals surface area (Å²) in [5.41, 5.74) is 2.62.